The number of rotatable bonds is 57. The van der Waals surface area contributed by atoms with Gasteiger partial charge in [-0.2, -0.15) is 0 Å². The second-order valence-corrected chi connectivity index (χ2v) is 26.4. The van der Waals surface area contributed by atoms with E-state index in [2.05, 4.69) is 92.1 Å². The van der Waals surface area contributed by atoms with Gasteiger partial charge in [-0.1, -0.05) is 266 Å². The number of nitrogens with one attached hydrogen (secondary N) is 1. The van der Waals surface area contributed by atoms with Crippen LogP contribution >= 0.6 is 0 Å². The predicted molar refractivity (Wildman–Crippen MR) is 374 cm³/mol. The monoisotopic (exact) mass is 1350 g/mol. The zero-order valence-electron chi connectivity index (χ0n) is 58.4. The molecule has 17 unspecified atom stereocenters. The quantitative estimate of drug-likeness (QED) is 0.0199. The Morgan fingerprint density at radius 1 is 0.389 bits per heavy atom. The number of carbonyl (C=O) groups is 1. The van der Waals surface area contributed by atoms with Gasteiger partial charge in [-0.05, 0) is 70.6 Å². The topological polar surface area (TPSA) is 307 Å². The van der Waals surface area contributed by atoms with Crippen LogP contribution in [0.1, 0.15) is 258 Å². The van der Waals surface area contributed by atoms with E-state index in [1.807, 2.05) is 6.08 Å². The fraction of sp³-hybridized carbons (Fsp3) is 0.803. The molecule has 3 fully saturated rings. The smallest absolute Gasteiger partial charge is 0.220 e. The SMILES string of the molecule is CC/C=C\C/C=C\C/C=C\C/C=C\C/C=C\C/C=C\CCCCCCCCCCCCCCCCC(=O)NC(COC1OC(CO)C(OC2OC(CO)C(OC3OC(CO)C(O)C(O)C3O)C(O)C2O)C(O)C1O)C(O)/C=C/CCCCCCCCCCCCCCCCC. The zero-order chi connectivity index (χ0) is 68.9. The highest BCUT2D eigenvalue weighted by Crippen LogP contribution is 2.33. The van der Waals surface area contributed by atoms with Crippen molar-refractivity contribution in [1.82, 2.24) is 5.32 Å². The minimum Gasteiger partial charge on any atom is -0.394 e. The Bertz CT molecular complexity index is 2050. The highest BCUT2D eigenvalue weighted by Gasteiger charge is 2.53. The first-order valence-electron chi connectivity index (χ1n) is 37.3. The van der Waals surface area contributed by atoms with Gasteiger partial charge in [0.1, 0.15) is 73.2 Å². The second kappa shape index (κ2) is 56.7. The van der Waals surface area contributed by atoms with Gasteiger partial charge in [-0.3, -0.25) is 4.79 Å². The Morgan fingerprint density at radius 2 is 0.726 bits per heavy atom. The molecule has 0 aromatic rings. The lowest BCUT2D eigenvalue weighted by Gasteiger charge is -2.48. The Hall–Kier alpha value is -3.03. The van der Waals surface area contributed by atoms with E-state index < -0.39 is 124 Å². The Balaban J connectivity index is 1.37. The molecule has 1 amide bonds. The molecule has 3 rings (SSSR count). The van der Waals surface area contributed by atoms with Crippen molar-refractivity contribution >= 4 is 5.91 Å². The van der Waals surface area contributed by atoms with E-state index in [1.165, 1.54) is 141 Å². The molecular weight excluding hydrogens is 1210 g/mol. The number of ether oxygens (including phenoxy) is 6. The maximum atomic E-state index is 13.4. The Labute approximate surface area is 571 Å². The summed E-state index contributed by atoms with van der Waals surface area (Å²) < 4.78 is 34.4. The lowest BCUT2D eigenvalue weighted by molar-refractivity contribution is -0.379. The van der Waals surface area contributed by atoms with E-state index in [1.54, 1.807) is 6.08 Å². The molecule has 0 aliphatic carbocycles. The van der Waals surface area contributed by atoms with E-state index in [4.69, 9.17) is 28.4 Å². The van der Waals surface area contributed by atoms with Crippen molar-refractivity contribution < 1.29 is 89.4 Å². The molecule has 0 radical (unpaired) electrons. The molecule has 12 N–H and O–H groups in total. The fourth-order valence-electron chi connectivity index (χ4n) is 12.2. The average Bonchev–Trinajstić information content (AvgIpc) is 0.786. The maximum absolute atomic E-state index is 13.4. The fourth-order valence-corrected chi connectivity index (χ4v) is 12.2. The van der Waals surface area contributed by atoms with Gasteiger partial charge in [0.25, 0.3) is 0 Å². The average molecular weight is 1350 g/mol. The van der Waals surface area contributed by atoms with Crippen LogP contribution in [0.2, 0.25) is 0 Å². The molecule has 550 valence electrons. The molecule has 17 atom stereocenters. The van der Waals surface area contributed by atoms with Gasteiger partial charge < -0.3 is 89.9 Å². The Kier molecular flexibility index (Phi) is 51.4. The molecular formula is C76H133NO18. The molecule has 19 heteroatoms. The third-order valence-electron chi connectivity index (χ3n) is 18.2. The van der Waals surface area contributed by atoms with Gasteiger partial charge in [0.2, 0.25) is 5.91 Å². The van der Waals surface area contributed by atoms with Crippen LogP contribution in [0.3, 0.4) is 0 Å². The summed E-state index contributed by atoms with van der Waals surface area (Å²) in [7, 11) is 0. The molecule has 0 aromatic carbocycles. The highest BCUT2D eigenvalue weighted by atomic mass is 16.8. The van der Waals surface area contributed by atoms with Crippen LogP contribution in [-0.2, 0) is 33.2 Å². The summed E-state index contributed by atoms with van der Waals surface area (Å²) >= 11 is 0. The van der Waals surface area contributed by atoms with E-state index in [-0.39, 0.29) is 18.9 Å². The number of aliphatic hydroxyl groups excluding tert-OH is 11. The standard InChI is InChI=1S/C76H133NO18/c1-3-5-7-9-11-13-15-17-19-21-22-23-24-25-26-27-28-29-30-31-32-33-34-35-36-38-40-42-44-46-48-50-52-54-64(82)77-59(60(81)53-51-49-47-45-43-41-39-37-20-18-16-14-12-10-8-6-4-2)58-90-74-70(88)67(85)72(62(56-79)92-74)95-76-71(89)68(86)73(63(57-80)93-76)94-75-69(87)66(84)65(83)61(55-78)91-75/h5,7,11,13,17,19,22-23,25-26,28-29,51,53,59-63,65-76,78-81,83-89H,3-4,6,8-10,12,14-16,18,20-21,24,27,30-50,52,54-58H2,1-2H3,(H,77,82)/b7-5-,13-11-,19-17-,23-22-,26-25-,29-28-,53-51+. The molecule has 19 nitrogen and oxygen atoms in total. The summed E-state index contributed by atoms with van der Waals surface area (Å²) in [5, 5.41) is 121. The minimum absolute atomic E-state index is 0.239. The number of unbranched alkanes of at least 4 members (excludes halogenated alkanes) is 29. The number of aliphatic hydroxyl groups is 11. The molecule has 0 bridgehead atoms. The van der Waals surface area contributed by atoms with Gasteiger partial charge in [-0.25, -0.2) is 0 Å². The summed E-state index contributed by atoms with van der Waals surface area (Å²) in [4.78, 5) is 13.4. The lowest BCUT2D eigenvalue weighted by atomic mass is 9.96. The minimum atomic E-state index is -1.98. The van der Waals surface area contributed by atoms with Crippen LogP contribution in [0, 0.1) is 0 Å². The maximum Gasteiger partial charge on any atom is 0.220 e. The number of allylic oxidation sites excluding steroid dienone is 13. The number of carbonyl (C=O) groups excluding carboxylic acids is 1. The third kappa shape index (κ3) is 37.8. The second-order valence-electron chi connectivity index (χ2n) is 26.4. The first kappa shape index (κ1) is 86.2. The van der Waals surface area contributed by atoms with Crippen LogP contribution < -0.4 is 5.32 Å². The zero-order valence-corrected chi connectivity index (χ0v) is 58.4. The first-order valence-corrected chi connectivity index (χ1v) is 37.3. The molecule has 0 saturated carbocycles. The van der Waals surface area contributed by atoms with Crippen molar-refractivity contribution in [1.29, 1.82) is 0 Å². The third-order valence-corrected chi connectivity index (χ3v) is 18.2. The van der Waals surface area contributed by atoms with Crippen molar-refractivity contribution in [3.63, 3.8) is 0 Å². The number of hydrogen-bond donors (Lipinski definition) is 12. The van der Waals surface area contributed by atoms with E-state index in [0.717, 1.165) is 89.9 Å². The van der Waals surface area contributed by atoms with Crippen LogP contribution in [0.15, 0.2) is 85.1 Å². The summed E-state index contributed by atoms with van der Waals surface area (Å²) in [6.07, 6.45) is 47.0. The van der Waals surface area contributed by atoms with E-state index >= 15 is 0 Å². The van der Waals surface area contributed by atoms with Crippen molar-refractivity contribution in [2.45, 2.75) is 362 Å². The molecule has 3 heterocycles. The first-order chi connectivity index (χ1) is 46.3. The van der Waals surface area contributed by atoms with Crippen molar-refractivity contribution in [2.24, 2.45) is 0 Å². The van der Waals surface area contributed by atoms with Gasteiger partial charge in [0.15, 0.2) is 18.9 Å². The highest BCUT2D eigenvalue weighted by molar-refractivity contribution is 5.76. The van der Waals surface area contributed by atoms with Gasteiger partial charge in [-0.15, -0.1) is 0 Å². The largest absolute Gasteiger partial charge is 0.394 e. The van der Waals surface area contributed by atoms with Crippen LogP contribution in [0.5, 0.6) is 0 Å². The van der Waals surface area contributed by atoms with E-state index in [0.29, 0.717) is 6.42 Å². The lowest BCUT2D eigenvalue weighted by Crippen LogP contribution is -2.66. The molecule has 0 aromatic heterocycles. The summed E-state index contributed by atoms with van der Waals surface area (Å²) in [5.74, 6) is -0.277. The van der Waals surface area contributed by atoms with Crippen LogP contribution in [-0.4, -0.2) is 193 Å². The van der Waals surface area contributed by atoms with Gasteiger partial charge >= 0.3 is 0 Å². The van der Waals surface area contributed by atoms with Gasteiger partial charge in [0.05, 0.1) is 38.6 Å². The number of hydrogen-bond acceptors (Lipinski definition) is 18. The van der Waals surface area contributed by atoms with E-state index in [9.17, 15) is 61.0 Å². The molecule has 95 heavy (non-hydrogen) atoms. The number of amides is 1. The summed E-state index contributed by atoms with van der Waals surface area (Å²) in [5.41, 5.74) is 0. The summed E-state index contributed by atoms with van der Waals surface area (Å²) in [6, 6.07) is -0.978. The van der Waals surface area contributed by atoms with Crippen molar-refractivity contribution in [3.8, 4) is 0 Å². The van der Waals surface area contributed by atoms with Crippen LogP contribution in [0.25, 0.3) is 0 Å². The van der Waals surface area contributed by atoms with Crippen molar-refractivity contribution in [2.75, 3.05) is 26.4 Å². The molecule has 3 aliphatic rings. The molecule has 3 aliphatic heterocycles. The summed E-state index contributed by atoms with van der Waals surface area (Å²) in [6.45, 7) is 1.63. The molecule has 0 spiro atoms. The predicted octanol–water partition coefficient (Wildman–Crippen LogP) is 11.1. The molecule has 3 saturated heterocycles. The van der Waals surface area contributed by atoms with Crippen molar-refractivity contribution in [3.05, 3.63) is 85.1 Å². The Morgan fingerprint density at radius 3 is 1.14 bits per heavy atom. The van der Waals surface area contributed by atoms with Gasteiger partial charge in [0, 0.05) is 6.42 Å². The van der Waals surface area contributed by atoms with Crippen LogP contribution in [0.4, 0.5) is 0 Å². The normalized spacial score (nSPS) is 27.7.